The molecule has 4 rings (SSSR count). The maximum absolute atomic E-state index is 13.4. The number of hydrogen-bond donors (Lipinski definition) is 0. The second-order valence-corrected chi connectivity index (χ2v) is 8.24. The molecule has 0 bridgehead atoms. The van der Waals surface area contributed by atoms with Crippen LogP contribution in [0.5, 0.6) is 5.75 Å². The highest BCUT2D eigenvalue weighted by Crippen LogP contribution is 2.36. The summed E-state index contributed by atoms with van der Waals surface area (Å²) in [4.78, 5) is 32.5. The van der Waals surface area contributed by atoms with Gasteiger partial charge in [-0.2, -0.15) is 0 Å². The number of carbonyl (C=O) groups excluding carboxylic acids is 1. The zero-order chi connectivity index (χ0) is 21.3. The normalized spacial score (nSPS) is 12.1. The predicted octanol–water partition coefficient (Wildman–Crippen LogP) is 5.28. The molecular formula is C24H22N2O3S. The monoisotopic (exact) mass is 418 g/mol. The summed E-state index contributed by atoms with van der Waals surface area (Å²) in [6.45, 7) is 6.26. The van der Waals surface area contributed by atoms with Gasteiger partial charge in [-0.05, 0) is 38.5 Å². The zero-order valence-electron chi connectivity index (χ0n) is 17.1. The number of carbonyl (C=O) groups is 1. The van der Waals surface area contributed by atoms with Gasteiger partial charge in [-0.15, -0.1) is 11.3 Å². The van der Waals surface area contributed by atoms with Crippen LogP contribution in [0.2, 0.25) is 0 Å². The average molecular weight is 419 g/mol. The lowest BCUT2D eigenvalue weighted by atomic mass is 10.0. The molecule has 0 N–H and O–H groups in total. The Morgan fingerprint density at radius 2 is 1.83 bits per heavy atom. The quantitative estimate of drug-likeness (QED) is 0.400. The van der Waals surface area contributed by atoms with Gasteiger partial charge in [0.25, 0.3) is 5.56 Å². The molecular weight excluding hydrogens is 396 g/mol. The summed E-state index contributed by atoms with van der Waals surface area (Å²) in [6.07, 6.45) is 1.48. The molecule has 2 aromatic carbocycles. The van der Waals surface area contributed by atoms with Crippen molar-refractivity contribution in [2.75, 3.05) is 6.61 Å². The van der Waals surface area contributed by atoms with E-state index in [1.165, 1.54) is 22.2 Å². The van der Waals surface area contributed by atoms with Crippen molar-refractivity contribution in [2.45, 2.75) is 26.8 Å². The number of rotatable bonds is 6. The number of Topliss-reactive ketones (excluding diaryl/α,β-unsaturated/α-hetero) is 1. The van der Waals surface area contributed by atoms with Crippen LogP contribution in [0.15, 0.2) is 65.7 Å². The Morgan fingerprint density at radius 1 is 1.13 bits per heavy atom. The van der Waals surface area contributed by atoms with E-state index in [1.54, 1.807) is 19.1 Å². The number of nitrogens with zero attached hydrogens (tertiary/aromatic N) is 2. The molecule has 0 saturated heterocycles. The number of benzene rings is 2. The van der Waals surface area contributed by atoms with E-state index in [2.05, 4.69) is 4.98 Å². The molecule has 30 heavy (non-hydrogen) atoms. The first-order chi connectivity index (χ1) is 14.5. The van der Waals surface area contributed by atoms with Crippen molar-refractivity contribution in [1.82, 2.24) is 9.55 Å². The second-order valence-electron chi connectivity index (χ2n) is 7.03. The van der Waals surface area contributed by atoms with E-state index in [9.17, 15) is 9.59 Å². The number of hydrogen-bond acceptors (Lipinski definition) is 5. The third-order valence-corrected chi connectivity index (χ3v) is 6.14. The molecule has 6 heteroatoms. The third-order valence-electron chi connectivity index (χ3n) is 5.12. The zero-order valence-corrected chi connectivity index (χ0v) is 17.9. The van der Waals surface area contributed by atoms with Gasteiger partial charge in [0.15, 0.2) is 5.78 Å². The standard InChI is InChI=1S/C24H22N2O3S/c1-4-29-19-12-10-17(11-13-19)20-16(3)30-23-21(20)24(28)26(14-25-23)15(2)22(27)18-8-6-5-7-9-18/h5-15H,4H2,1-3H3. The van der Waals surface area contributed by atoms with Gasteiger partial charge in [-0.3, -0.25) is 14.2 Å². The van der Waals surface area contributed by atoms with Crippen molar-refractivity contribution in [3.8, 4) is 16.9 Å². The lowest BCUT2D eigenvalue weighted by molar-refractivity contribution is 0.0932. The third kappa shape index (κ3) is 3.55. The first-order valence-electron chi connectivity index (χ1n) is 9.84. The molecule has 0 aliphatic heterocycles. The summed E-state index contributed by atoms with van der Waals surface area (Å²) in [7, 11) is 0. The molecule has 0 aliphatic carbocycles. The number of aromatic nitrogens is 2. The summed E-state index contributed by atoms with van der Waals surface area (Å²) >= 11 is 1.49. The smallest absolute Gasteiger partial charge is 0.263 e. The highest BCUT2D eigenvalue weighted by atomic mass is 32.1. The maximum atomic E-state index is 13.4. The predicted molar refractivity (Wildman–Crippen MR) is 121 cm³/mol. The molecule has 2 aromatic heterocycles. The molecule has 0 fully saturated rings. The van der Waals surface area contributed by atoms with E-state index >= 15 is 0 Å². The maximum Gasteiger partial charge on any atom is 0.263 e. The van der Waals surface area contributed by atoms with Crippen molar-refractivity contribution < 1.29 is 9.53 Å². The topological polar surface area (TPSA) is 61.2 Å². The molecule has 0 aliphatic rings. The van der Waals surface area contributed by atoms with Crippen LogP contribution in [-0.2, 0) is 0 Å². The molecule has 2 heterocycles. The highest BCUT2D eigenvalue weighted by molar-refractivity contribution is 7.19. The van der Waals surface area contributed by atoms with E-state index in [-0.39, 0.29) is 11.3 Å². The molecule has 0 spiro atoms. The molecule has 0 amide bonds. The van der Waals surface area contributed by atoms with E-state index in [1.807, 2.05) is 56.3 Å². The Kier molecular flexibility index (Phi) is 5.50. The molecule has 5 nitrogen and oxygen atoms in total. The molecule has 4 aromatic rings. The fourth-order valence-corrected chi connectivity index (χ4v) is 4.60. The average Bonchev–Trinajstić information content (AvgIpc) is 3.11. The van der Waals surface area contributed by atoms with Crippen LogP contribution < -0.4 is 10.3 Å². The molecule has 152 valence electrons. The van der Waals surface area contributed by atoms with Crippen molar-refractivity contribution in [2.24, 2.45) is 0 Å². The van der Waals surface area contributed by atoms with Gasteiger partial charge in [0, 0.05) is 16.0 Å². The summed E-state index contributed by atoms with van der Waals surface area (Å²) in [6, 6.07) is 16.1. The van der Waals surface area contributed by atoms with Crippen LogP contribution in [0.4, 0.5) is 0 Å². The Labute approximate surface area is 178 Å². The van der Waals surface area contributed by atoms with Gasteiger partial charge in [0.2, 0.25) is 0 Å². The first kappa shape index (κ1) is 20.0. The fourth-order valence-electron chi connectivity index (χ4n) is 3.59. The number of thiophene rings is 1. The fraction of sp³-hybridized carbons (Fsp3) is 0.208. The van der Waals surface area contributed by atoms with Crippen molar-refractivity contribution >= 4 is 27.3 Å². The van der Waals surface area contributed by atoms with Crippen molar-refractivity contribution in [3.05, 3.63) is 81.7 Å². The number of fused-ring (bicyclic) bond motifs is 1. The summed E-state index contributed by atoms with van der Waals surface area (Å²) in [5.74, 6) is 0.671. The second kappa shape index (κ2) is 8.24. The summed E-state index contributed by atoms with van der Waals surface area (Å²) in [5, 5.41) is 0.553. The number of aryl methyl sites for hydroxylation is 1. The van der Waals surface area contributed by atoms with E-state index in [4.69, 9.17) is 4.74 Å². The largest absolute Gasteiger partial charge is 0.494 e. The van der Waals surface area contributed by atoms with Gasteiger partial charge >= 0.3 is 0 Å². The van der Waals surface area contributed by atoms with Gasteiger partial charge < -0.3 is 4.74 Å². The van der Waals surface area contributed by atoms with Gasteiger partial charge in [-0.25, -0.2) is 4.98 Å². The van der Waals surface area contributed by atoms with Gasteiger partial charge in [0.1, 0.15) is 10.6 Å². The minimum absolute atomic E-state index is 0.117. The molecule has 0 radical (unpaired) electrons. The molecule has 0 saturated carbocycles. The van der Waals surface area contributed by atoms with Crippen LogP contribution in [-0.4, -0.2) is 21.9 Å². The lowest BCUT2D eigenvalue weighted by Crippen LogP contribution is -2.28. The highest BCUT2D eigenvalue weighted by Gasteiger charge is 2.22. The van der Waals surface area contributed by atoms with Crippen LogP contribution >= 0.6 is 11.3 Å². The Morgan fingerprint density at radius 3 is 2.50 bits per heavy atom. The SMILES string of the molecule is CCOc1ccc(-c2c(C)sc3ncn(C(C)C(=O)c4ccccc4)c(=O)c23)cc1. The number of ketones is 1. The van der Waals surface area contributed by atoms with E-state index < -0.39 is 6.04 Å². The van der Waals surface area contributed by atoms with E-state index in [0.29, 0.717) is 22.4 Å². The van der Waals surface area contributed by atoms with Gasteiger partial charge in [0.05, 0.1) is 24.4 Å². The number of ether oxygens (including phenoxy) is 1. The van der Waals surface area contributed by atoms with Crippen LogP contribution in [0.25, 0.3) is 21.3 Å². The van der Waals surface area contributed by atoms with Crippen molar-refractivity contribution in [3.63, 3.8) is 0 Å². The van der Waals surface area contributed by atoms with Gasteiger partial charge in [-0.1, -0.05) is 42.5 Å². The lowest BCUT2D eigenvalue weighted by Gasteiger charge is -2.14. The first-order valence-corrected chi connectivity index (χ1v) is 10.7. The van der Waals surface area contributed by atoms with Crippen LogP contribution in [0.1, 0.15) is 35.1 Å². The summed E-state index contributed by atoms with van der Waals surface area (Å²) in [5.41, 5.74) is 2.17. The Balaban J connectivity index is 1.81. The van der Waals surface area contributed by atoms with Crippen molar-refractivity contribution in [1.29, 1.82) is 0 Å². The molecule has 1 unspecified atom stereocenters. The minimum atomic E-state index is -0.648. The Bertz CT molecular complexity index is 1260. The minimum Gasteiger partial charge on any atom is -0.494 e. The molecule has 1 atom stereocenters. The summed E-state index contributed by atoms with van der Waals surface area (Å²) < 4.78 is 6.96. The Hall–Kier alpha value is -3.25. The van der Waals surface area contributed by atoms with E-state index in [0.717, 1.165) is 21.8 Å². The van der Waals surface area contributed by atoms with Crippen LogP contribution in [0.3, 0.4) is 0 Å². The van der Waals surface area contributed by atoms with Crippen LogP contribution in [0, 0.1) is 6.92 Å².